The molecule has 1 aromatic carbocycles. The first kappa shape index (κ1) is 17.8. The van der Waals surface area contributed by atoms with Crippen LogP contribution in [-0.2, 0) is 9.84 Å². The number of methoxy groups -OCH3 is 1. The van der Waals surface area contributed by atoms with E-state index in [0.29, 0.717) is 16.3 Å². The van der Waals surface area contributed by atoms with E-state index >= 15 is 0 Å². The minimum atomic E-state index is -3.46. The highest BCUT2D eigenvalue weighted by Crippen LogP contribution is 2.28. The summed E-state index contributed by atoms with van der Waals surface area (Å²) in [5, 5.41) is 0.0632. The zero-order chi connectivity index (χ0) is 18.0. The van der Waals surface area contributed by atoms with Crippen LogP contribution in [0.2, 0.25) is 0 Å². The van der Waals surface area contributed by atoms with E-state index in [1.54, 1.807) is 35.4 Å². The molecule has 0 spiro atoms. The second-order valence-corrected chi connectivity index (χ2v) is 8.64. The molecule has 1 aromatic heterocycles. The summed E-state index contributed by atoms with van der Waals surface area (Å²) < 4.78 is 30.3. The van der Waals surface area contributed by atoms with Gasteiger partial charge in [-0.1, -0.05) is 0 Å². The summed E-state index contributed by atoms with van der Waals surface area (Å²) in [6, 6.07) is 9.73. The van der Waals surface area contributed by atoms with Crippen LogP contribution in [0.3, 0.4) is 0 Å². The molecule has 0 unspecified atom stereocenters. The Balaban J connectivity index is 1.71. The molecule has 25 heavy (non-hydrogen) atoms. The number of rotatable bonds is 5. The Morgan fingerprint density at radius 3 is 2.52 bits per heavy atom. The zero-order valence-corrected chi connectivity index (χ0v) is 15.5. The number of likely N-dealkylation sites (tertiary alicyclic amines) is 1. The van der Waals surface area contributed by atoms with Gasteiger partial charge in [0, 0.05) is 19.3 Å². The van der Waals surface area contributed by atoms with Gasteiger partial charge in [0.25, 0.3) is 5.91 Å². The van der Waals surface area contributed by atoms with E-state index in [1.807, 2.05) is 6.26 Å². The van der Waals surface area contributed by atoms with Crippen molar-refractivity contribution in [1.82, 2.24) is 9.88 Å². The third-order valence-corrected chi connectivity index (χ3v) is 6.97. The first-order chi connectivity index (χ1) is 12.0. The molecule has 2 aromatic rings. The summed E-state index contributed by atoms with van der Waals surface area (Å²) in [4.78, 5) is 18.5. The van der Waals surface area contributed by atoms with Gasteiger partial charge in [0.15, 0.2) is 9.84 Å². The molecule has 0 aliphatic carbocycles. The number of hydrogen-bond acceptors (Lipinski definition) is 6. The fourth-order valence-corrected chi connectivity index (χ4v) is 4.84. The highest BCUT2D eigenvalue weighted by atomic mass is 32.2. The number of pyridine rings is 1. The van der Waals surface area contributed by atoms with Crippen LogP contribution in [0.4, 0.5) is 0 Å². The summed E-state index contributed by atoms with van der Waals surface area (Å²) in [6.07, 6.45) is 3.49. The fourth-order valence-electron chi connectivity index (χ4n) is 2.64. The number of carbonyl (C=O) groups is 1. The first-order valence-corrected chi connectivity index (χ1v) is 10.4. The van der Waals surface area contributed by atoms with E-state index in [-0.39, 0.29) is 23.9 Å². The molecule has 0 bridgehead atoms. The fraction of sp³-hybridized carbons (Fsp3) is 0.294. The van der Waals surface area contributed by atoms with Gasteiger partial charge in [0.2, 0.25) is 0 Å². The minimum absolute atomic E-state index is 0.182. The molecule has 2 heterocycles. The molecule has 8 heteroatoms. The first-order valence-electron chi connectivity index (χ1n) is 7.63. The summed E-state index contributed by atoms with van der Waals surface area (Å²) in [6.45, 7) is 0.381. The van der Waals surface area contributed by atoms with Crippen LogP contribution >= 0.6 is 11.8 Å². The lowest BCUT2D eigenvalue weighted by Gasteiger charge is -2.38. The van der Waals surface area contributed by atoms with Gasteiger partial charge in [-0.05, 0) is 42.7 Å². The van der Waals surface area contributed by atoms with Gasteiger partial charge in [0.05, 0.1) is 17.6 Å². The molecule has 1 saturated heterocycles. The Hall–Kier alpha value is -2.06. The Kier molecular flexibility index (Phi) is 5.01. The Bertz CT molecular complexity index is 876. The molecule has 1 aliphatic rings. The topological polar surface area (TPSA) is 76.6 Å². The average molecular weight is 378 g/mol. The summed E-state index contributed by atoms with van der Waals surface area (Å²) in [5.74, 6) is 0.421. The predicted octanol–water partition coefficient (Wildman–Crippen LogP) is 2.11. The summed E-state index contributed by atoms with van der Waals surface area (Å²) >= 11 is 1.39. The quantitative estimate of drug-likeness (QED) is 0.742. The lowest BCUT2D eigenvalue weighted by atomic mass is 10.1. The van der Waals surface area contributed by atoms with Crippen molar-refractivity contribution in [3.05, 3.63) is 48.2 Å². The van der Waals surface area contributed by atoms with Crippen LogP contribution in [0.5, 0.6) is 5.75 Å². The van der Waals surface area contributed by atoms with E-state index in [4.69, 9.17) is 4.74 Å². The van der Waals surface area contributed by atoms with Crippen LogP contribution in [0, 0.1) is 0 Å². The summed E-state index contributed by atoms with van der Waals surface area (Å²) in [5.41, 5.74) is 0.510. The van der Waals surface area contributed by atoms with Crippen LogP contribution in [-0.4, -0.2) is 55.9 Å². The van der Waals surface area contributed by atoms with Crippen molar-refractivity contribution in [3.63, 3.8) is 0 Å². The number of nitrogens with zero attached hydrogens (tertiary/aromatic N) is 2. The second-order valence-electron chi connectivity index (χ2n) is 5.61. The molecule has 1 fully saturated rings. The monoisotopic (exact) mass is 378 g/mol. The third-order valence-electron chi connectivity index (χ3n) is 4.16. The maximum atomic E-state index is 12.6. The highest BCUT2D eigenvalue weighted by Gasteiger charge is 2.41. The highest BCUT2D eigenvalue weighted by molar-refractivity contribution is 7.98. The van der Waals surface area contributed by atoms with Gasteiger partial charge in [-0.3, -0.25) is 4.79 Å². The van der Waals surface area contributed by atoms with Gasteiger partial charge in [-0.25, -0.2) is 13.4 Å². The number of ether oxygens (including phenoxy) is 1. The largest absolute Gasteiger partial charge is 0.497 e. The molecular weight excluding hydrogens is 360 g/mol. The van der Waals surface area contributed by atoms with Gasteiger partial charge >= 0.3 is 0 Å². The van der Waals surface area contributed by atoms with Crippen molar-refractivity contribution in [2.75, 3.05) is 26.5 Å². The lowest BCUT2D eigenvalue weighted by molar-refractivity contribution is 0.0654. The number of aromatic nitrogens is 1. The smallest absolute Gasteiger partial charge is 0.256 e. The molecular formula is C17H18N2O4S2. The van der Waals surface area contributed by atoms with Crippen molar-refractivity contribution >= 4 is 27.5 Å². The second kappa shape index (κ2) is 7.05. The number of hydrogen-bond donors (Lipinski definition) is 0. The normalized spacial score (nSPS) is 14.9. The Morgan fingerprint density at radius 2 is 1.92 bits per heavy atom. The molecule has 0 saturated carbocycles. The van der Waals surface area contributed by atoms with Crippen molar-refractivity contribution < 1.29 is 17.9 Å². The molecule has 0 N–H and O–H groups in total. The maximum Gasteiger partial charge on any atom is 0.256 e. The third kappa shape index (κ3) is 3.36. The Labute approximate surface area is 151 Å². The van der Waals surface area contributed by atoms with Crippen LogP contribution < -0.4 is 4.74 Å². The van der Waals surface area contributed by atoms with Gasteiger partial charge in [-0.15, -0.1) is 11.8 Å². The van der Waals surface area contributed by atoms with Gasteiger partial charge in [0.1, 0.15) is 16.0 Å². The van der Waals surface area contributed by atoms with Crippen molar-refractivity contribution in [1.29, 1.82) is 0 Å². The lowest BCUT2D eigenvalue weighted by Crippen LogP contribution is -2.56. The number of sulfone groups is 1. The molecule has 1 aliphatic heterocycles. The van der Waals surface area contributed by atoms with Gasteiger partial charge in [-0.2, -0.15) is 0 Å². The van der Waals surface area contributed by atoms with Crippen LogP contribution in [0.1, 0.15) is 10.4 Å². The van der Waals surface area contributed by atoms with E-state index in [9.17, 15) is 13.2 Å². The molecule has 3 rings (SSSR count). The number of carbonyl (C=O) groups excluding carboxylic acids is 1. The summed E-state index contributed by atoms with van der Waals surface area (Å²) in [7, 11) is -1.93. The van der Waals surface area contributed by atoms with E-state index in [0.717, 1.165) is 0 Å². The molecule has 6 nitrogen and oxygen atoms in total. The van der Waals surface area contributed by atoms with E-state index < -0.39 is 15.1 Å². The molecule has 1 amide bonds. The van der Waals surface area contributed by atoms with Crippen molar-refractivity contribution in [3.8, 4) is 5.75 Å². The SMILES string of the molecule is COc1ccc(S(=O)(=O)C2CN(C(=O)c3cccnc3SC)C2)cc1. The number of benzene rings is 1. The van der Waals surface area contributed by atoms with Crippen LogP contribution in [0.15, 0.2) is 52.5 Å². The van der Waals surface area contributed by atoms with E-state index in [2.05, 4.69) is 4.98 Å². The predicted molar refractivity (Wildman–Crippen MR) is 95.9 cm³/mol. The standard InChI is InChI=1S/C17H18N2O4S2/c1-23-12-5-7-13(8-6-12)25(21,22)14-10-19(11-14)17(20)15-4-3-9-18-16(15)24-2/h3-9,14H,10-11H2,1-2H3. The zero-order valence-electron chi connectivity index (χ0n) is 13.9. The molecule has 132 valence electrons. The van der Waals surface area contributed by atoms with Crippen LogP contribution in [0.25, 0.3) is 0 Å². The number of thioether (sulfide) groups is 1. The number of amides is 1. The van der Waals surface area contributed by atoms with Gasteiger partial charge < -0.3 is 9.64 Å². The van der Waals surface area contributed by atoms with E-state index in [1.165, 1.54) is 31.0 Å². The molecule has 0 atom stereocenters. The maximum absolute atomic E-state index is 12.6. The average Bonchev–Trinajstić information content (AvgIpc) is 2.60. The minimum Gasteiger partial charge on any atom is -0.497 e. The molecule has 0 radical (unpaired) electrons. The van der Waals surface area contributed by atoms with Crippen molar-refractivity contribution in [2.24, 2.45) is 0 Å². The van der Waals surface area contributed by atoms with Crippen molar-refractivity contribution in [2.45, 2.75) is 15.2 Å². The Morgan fingerprint density at radius 1 is 1.24 bits per heavy atom.